The number of aromatic nitrogens is 4. The highest BCUT2D eigenvalue weighted by Gasteiger charge is 2.45. The van der Waals surface area contributed by atoms with Gasteiger partial charge in [-0.2, -0.15) is 10.4 Å². The van der Waals surface area contributed by atoms with Gasteiger partial charge in [0.05, 0.1) is 80.3 Å². The van der Waals surface area contributed by atoms with Crippen molar-refractivity contribution in [2.75, 3.05) is 32.7 Å². The van der Waals surface area contributed by atoms with Gasteiger partial charge in [0, 0.05) is 42.0 Å². The summed E-state index contributed by atoms with van der Waals surface area (Å²) in [6.45, 7) is 17.7. The molecule has 0 fully saturated rings. The van der Waals surface area contributed by atoms with Crippen molar-refractivity contribution in [3.05, 3.63) is 176 Å². The number of fused-ring (bicyclic) bond motifs is 1. The molecule has 0 aliphatic carbocycles. The topological polar surface area (TPSA) is 265 Å². The minimum absolute atomic E-state index is 0.0493. The Morgan fingerprint density at radius 2 is 1.39 bits per heavy atom. The molecule has 0 atom stereocenters. The molecule has 23 heteroatoms. The van der Waals surface area contributed by atoms with Crippen LogP contribution in [0.3, 0.4) is 0 Å². The summed E-state index contributed by atoms with van der Waals surface area (Å²) >= 11 is 3.99. The lowest BCUT2D eigenvalue weighted by atomic mass is 9.82. The third kappa shape index (κ3) is 15.2. The van der Waals surface area contributed by atoms with Crippen molar-refractivity contribution in [2.24, 2.45) is 22.8 Å². The molecule has 87 heavy (non-hydrogen) atoms. The quantitative estimate of drug-likeness (QED) is 0.0654. The van der Waals surface area contributed by atoms with Gasteiger partial charge in [-0.05, 0) is 146 Å². The molecule has 0 bridgehead atoms. The van der Waals surface area contributed by atoms with E-state index in [4.69, 9.17) is 29.1 Å². The standard InChI is InChI=1S/C23H32N2O4.C18H17NO3.C16H17N3O5S.C7H3I2NO/c1-7-16-13-15(3)14-17(8-2)18(16)19-20(26)24-9-11-28-12-10-25(24)21(19)29-22(27)23(4,5)6;1-2-21-17(20)16-13-18(22-19-16,14-9-5-3-6-10-14)15-11-7-4-8-12-15;1-9-10(15(20)11-8-17-19(2)16(11)21)4-5-13(25(3,22)23)14(9)12-6-7-24-18-12;8-5-1-4(3-10)2-6(9)7(5)11/h13-14H,7-12H2,1-6H3;3-12H,2,13H2,1H3;4-5,8,21H,6-7H2,1-3H3;1-2,11H. The lowest BCUT2D eigenvalue weighted by molar-refractivity contribution is -0.143. The molecule has 0 amide bonds. The summed E-state index contributed by atoms with van der Waals surface area (Å²) in [5.74, 6) is -0.869. The number of aryl methyl sites for hydroxylation is 4. The van der Waals surface area contributed by atoms with E-state index >= 15 is 0 Å². The maximum atomic E-state index is 13.5. The Balaban J connectivity index is 0.000000173. The fraction of sp³-hybridized carbons (Fsp3) is 0.344. The van der Waals surface area contributed by atoms with Gasteiger partial charge in [-0.15, -0.1) is 0 Å². The summed E-state index contributed by atoms with van der Waals surface area (Å²) in [7, 11) is -2.00. The second-order valence-corrected chi connectivity index (χ2v) is 25.8. The molecule has 3 aliphatic heterocycles. The number of halogens is 2. The first-order chi connectivity index (χ1) is 41.3. The molecular formula is C64H69I2N7O13S. The first kappa shape index (κ1) is 66.8. The van der Waals surface area contributed by atoms with E-state index in [1.54, 1.807) is 35.3 Å². The lowest BCUT2D eigenvalue weighted by Gasteiger charge is -2.27. The van der Waals surface area contributed by atoms with Crippen LogP contribution in [0.25, 0.3) is 11.1 Å². The van der Waals surface area contributed by atoms with E-state index in [1.807, 2.05) is 133 Å². The molecule has 2 N–H and O–H groups in total. The van der Waals surface area contributed by atoms with E-state index in [2.05, 4.69) is 48.3 Å². The normalized spacial score (nSPS) is 14.1. The zero-order valence-electron chi connectivity index (χ0n) is 50.1. The Labute approximate surface area is 532 Å². The first-order valence-corrected chi connectivity index (χ1v) is 32.0. The van der Waals surface area contributed by atoms with E-state index in [-0.39, 0.29) is 39.2 Å². The fourth-order valence-corrected chi connectivity index (χ4v) is 12.6. The number of carbonyl (C=O) groups is 3. The van der Waals surface area contributed by atoms with Crippen LogP contribution in [0.15, 0.2) is 123 Å². The van der Waals surface area contributed by atoms with E-state index in [0.717, 1.165) is 46.9 Å². The highest BCUT2D eigenvalue weighted by atomic mass is 127. The molecule has 3 aliphatic rings. The number of oxime groups is 2. The number of phenols is 1. The summed E-state index contributed by atoms with van der Waals surface area (Å²) in [4.78, 5) is 62.0. The van der Waals surface area contributed by atoms with Gasteiger partial charge in [0.2, 0.25) is 11.8 Å². The SMILES string of the molecule is CCOC(=O)C1=NOC(c2ccccc2)(c2ccccc2)C1.CCc1cc(C)cc(CC)c1-c1c(OC(=O)C(C)(C)C)n2n(c1=O)CCOCC2.Cc1c(C(=O)c2cnn(C)c2O)ccc(S(C)(=O)=O)c1C1=NOCC1.N#Cc1cc(I)c(O)c(I)c1. The number of hydrogen-bond acceptors (Lipinski definition) is 17. The molecule has 0 saturated heterocycles. The molecule has 10 rings (SSSR count). The number of ketones is 1. The van der Waals surface area contributed by atoms with Crippen LogP contribution >= 0.6 is 45.2 Å². The minimum Gasteiger partial charge on any atom is -0.506 e. The second-order valence-electron chi connectivity index (χ2n) is 21.5. The zero-order chi connectivity index (χ0) is 63.5. The molecular weight excluding hydrogens is 1360 g/mol. The zero-order valence-corrected chi connectivity index (χ0v) is 55.2. The maximum absolute atomic E-state index is 13.5. The molecule has 20 nitrogen and oxygen atoms in total. The molecule has 458 valence electrons. The van der Waals surface area contributed by atoms with Crippen LogP contribution in [0.5, 0.6) is 17.5 Å². The molecule has 5 aromatic carbocycles. The predicted octanol–water partition coefficient (Wildman–Crippen LogP) is 10.7. The van der Waals surface area contributed by atoms with Crippen molar-refractivity contribution in [1.29, 1.82) is 5.26 Å². The number of phenolic OH excluding ortho intramolecular Hbond substituents is 1. The Hall–Kier alpha value is -7.67. The van der Waals surface area contributed by atoms with Gasteiger partial charge < -0.3 is 34.1 Å². The fourth-order valence-electron chi connectivity index (χ4n) is 9.89. The predicted molar refractivity (Wildman–Crippen MR) is 345 cm³/mol. The average Bonchev–Trinajstić information content (AvgIpc) is 1.80. The third-order valence-corrected chi connectivity index (χ3v) is 17.1. The van der Waals surface area contributed by atoms with Crippen molar-refractivity contribution in [3.63, 3.8) is 0 Å². The Morgan fingerprint density at radius 1 is 0.805 bits per heavy atom. The third-order valence-electron chi connectivity index (χ3n) is 14.3. The van der Waals surface area contributed by atoms with Crippen LogP contribution in [-0.4, -0.2) is 99.6 Å². The van der Waals surface area contributed by atoms with E-state index < -0.39 is 32.6 Å². The lowest BCUT2D eigenvalue weighted by Crippen LogP contribution is -2.29. The molecule has 5 heterocycles. The number of ether oxygens (including phenoxy) is 3. The van der Waals surface area contributed by atoms with Crippen LogP contribution < -0.4 is 10.3 Å². The molecule has 0 unspecified atom stereocenters. The Kier molecular flexibility index (Phi) is 22.2. The van der Waals surface area contributed by atoms with Crippen LogP contribution in [0.4, 0.5) is 0 Å². The van der Waals surface area contributed by atoms with Crippen LogP contribution in [0.1, 0.15) is 115 Å². The van der Waals surface area contributed by atoms with Crippen molar-refractivity contribution >= 4 is 84.2 Å². The average molecular weight is 1430 g/mol. The van der Waals surface area contributed by atoms with Crippen LogP contribution in [-0.2, 0) is 77.2 Å². The van der Waals surface area contributed by atoms with Crippen molar-refractivity contribution in [2.45, 2.75) is 105 Å². The molecule has 0 spiro atoms. The number of aromatic hydroxyl groups is 2. The minimum atomic E-state index is -3.52. The Morgan fingerprint density at radius 3 is 1.89 bits per heavy atom. The molecule has 0 radical (unpaired) electrons. The largest absolute Gasteiger partial charge is 0.506 e. The number of hydrogen-bond donors (Lipinski definition) is 2. The van der Waals surface area contributed by atoms with Gasteiger partial charge in [-0.1, -0.05) is 103 Å². The number of carbonyl (C=O) groups excluding carboxylic acids is 3. The smallest absolute Gasteiger partial charge is 0.356 e. The Bertz CT molecular complexity index is 3900. The second kappa shape index (κ2) is 28.9. The van der Waals surface area contributed by atoms with Gasteiger partial charge in [0.25, 0.3) is 5.56 Å². The van der Waals surface area contributed by atoms with Crippen LogP contribution in [0.2, 0.25) is 0 Å². The summed E-state index contributed by atoms with van der Waals surface area (Å²) < 4.78 is 46.8. The van der Waals surface area contributed by atoms with E-state index in [9.17, 15) is 37.8 Å². The number of benzene rings is 5. The van der Waals surface area contributed by atoms with Crippen molar-refractivity contribution in [1.82, 2.24) is 19.1 Å². The maximum Gasteiger partial charge on any atom is 0.356 e. The van der Waals surface area contributed by atoms with Gasteiger partial charge in [-0.25, -0.2) is 27.3 Å². The number of nitriles is 1. The summed E-state index contributed by atoms with van der Waals surface area (Å²) in [5.41, 5.74) is 7.70. The number of rotatable bonds is 12. The van der Waals surface area contributed by atoms with Crippen LogP contribution in [0, 0.1) is 37.7 Å². The van der Waals surface area contributed by atoms with Crippen molar-refractivity contribution < 1.29 is 56.9 Å². The number of esters is 2. The highest BCUT2D eigenvalue weighted by Crippen LogP contribution is 2.42. The van der Waals surface area contributed by atoms with Crippen molar-refractivity contribution in [3.8, 4) is 34.7 Å². The van der Waals surface area contributed by atoms with E-state index in [0.29, 0.717) is 99.1 Å². The molecule has 2 aromatic heterocycles. The summed E-state index contributed by atoms with van der Waals surface area (Å²) in [6, 6.07) is 32.0. The monoisotopic (exact) mass is 1430 g/mol. The van der Waals surface area contributed by atoms with Gasteiger partial charge in [0.1, 0.15) is 23.5 Å². The summed E-state index contributed by atoms with van der Waals surface area (Å²) in [5, 5.41) is 39.6. The van der Waals surface area contributed by atoms with Gasteiger partial charge in [0.15, 0.2) is 26.9 Å². The number of nitrogens with zero attached hydrogens (tertiary/aromatic N) is 7. The molecule has 0 saturated carbocycles. The highest BCUT2D eigenvalue weighted by molar-refractivity contribution is 14.1. The van der Waals surface area contributed by atoms with Gasteiger partial charge >= 0.3 is 11.9 Å². The molecule has 7 aromatic rings. The first-order valence-electron chi connectivity index (χ1n) is 28.0. The summed E-state index contributed by atoms with van der Waals surface area (Å²) in [6.07, 6.45) is 4.79. The van der Waals surface area contributed by atoms with Gasteiger partial charge in [-0.3, -0.25) is 14.4 Å². The van der Waals surface area contributed by atoms with E-state index in [1.165, 1.54) is 35.6 Å². The number of sulfone groups is 1.